The zero-order valence-corrected chi connectivity index (χ0v) is 11.1. The highest BCUT2D eigenvalue weighted by Crippen LogP contribution is 2.31. The molecule has 94 valence electrons. The molecule has 0 heterocycles. The monoisotopic (exact) mass is 282 g/mol. The predicted molar refractivity (Wildman–Crippen MR) is 74.1 cm³/mol. The molecule has 0 radical (unpaired) electrons. The third kappa shape index (κ3) is 3.12. The van der Waals surface area contributed by atoms with Crippen molar-refractivity contribution in [2.45, 2.75) is 12.8 Å². The number of nitrogens with one attached hydrogen (secondary N) is 1. The highest BCUT2D eigenvalue weighted by Gasteiger charge is 2.27. The summed E-state index contributed by atoms with van der Waals surface area (Å²) in [4.78, 5) is 11.6. The Hall–Kier alpha value is -1.32. The summed E-state index contributed by atoms with van der Waals surface area (Å²) in [6, 6.07) is 5.08. The molecule has 0 unspecified atom stereocenters. The average Bonchev–Trinajstić information content (AvgIpc) is 2.27. The number of carbonyl (C=O) groups excluding carboxylic acids is 1. The number of benzene rings is 1. The van der Waals surface area contributed by atoms with Gasteiger partial charge in [0.2, 0.25) is 5.91 Å². The molecule has 3 nitrogen and oxygen atoms in total. The summed E-state index contributed by atoms with van der Waals surface area (Å²) in [6.07, 6.45) is 3.01. The van der Waals surface area contributed by atoms with E-state index in [0.717, 1.165) is 18.4 Å². The standard InChI is InChI=1S/C13H12Cl2N2O/c1-8-4-10(5-8)13(18)17-16-7-9-2-3-11(14)6-12(9)15/h2-3,6-7,10H,1,4-5H2,(H,17,18)/b16-7-. The molecular formula is C13H12Cl2N2O. The molecule has 2 rings (SSSR count). The Morgan fingerprint density at radius 3 is 2.78 bits per heavy atom. The summed E-state index contributed by atoms with van der Waals surface area (Å²) in [5, 5.41) is 4.94. The Balaban J connectivity index is 1.91. The van der Waals surface area contributed by atoms with Gasteiger partial charge in [-0.15, -0.1) is 0 Å². The summed E-state index contributed by atoms with van der Waals surface area (Å²) in [5.74, 6) is -0.0703. The Morgan fingerprint density at radius 2 is 2.17 bits per heavy atom. The third-order valence-corrected chi connectivity index (χ3v) is 3.34. The Morgan fingerprint density at radius 1 is 1.44 bits per heavy atom. The van der Waals surface area contributed by atoms with Gasteiger partial charge in [-0.1, -0.05) is 41.4 Å². The van der Waals surface area contributed by atoms with E-state index < -0.39 is 0 Å². The first-order valence-electron chi connectivity index (χ1n) is 5.51. The number of nitrogens with zero attached hydrogens (tertiary/aromatic N) is 1. The minimum atomic E-state index is -0.0799. The average molecular weight is 283 g/mol. The molecule has 1 aromatic rings. The number of amides is 1. The number of rotatable bonds is 3. The van der Waals surface area contributed by atoms with E-state index in [4.69, 9.17) is 23.2 Å². The fourth-order valence-electron chi connectivity index (χ4n) is 1.69. The molecular weight excluding hydrogens is 271 g/mol. The third-order valence-electron chi connectivity index (χ3n) is 2.78. The van der Waals surface area contributed by atoms with Crippen LogP contribution in [-0.4, -0.2) is 12.1 Å². The van der Waals surface area contributed by atoms with Crippen LogP contribution in [-0.2, 0) is 4.79 Å². The first-order chi connectivity index (χ1) is 8.56. The van der Waals surface area contributed by atoms with E-state index in [2.05, 4.69) is 17.1 Å². The second kappa shape index (κ2) is 5.55. The minimum Gasteiger partial charge on any atom is -0.273 e. The Kier molecular flexibility index (Phi) is 4.04. The van der Waals surface area contributed by atoms with E-state index in [1.165, 1.54) is 6.21 Å². The van der Waals surface area contributed by atoms with Crippen LogP contribution in [0.15, 0.2) is 35.5 Å². The van der Waals surface area contributed by atoms with Gasteiger partial charge in [0.25, 0.3) is 0 Å². The lowest BCUT2D eigenvalue weighted by Crippen LogP contribution is -2.32. The predicted octanol–water partition coefficient (Wildman–Crippen LogP) is 3.41. The van der Waals surface area contributed by atoms with Gasteiger partial charge in [0.05, 0.1) is 11.2 Å². The van der Waals surface area contributed by atoms with Gasteiger partial charge in [-0.3, -0.25) is 4.79 Å². The van der Waals surface area contributed by atoms with Crippen molar-refractivity contribution in [1.29, 1.82) is 0 Å². The lowest BCUT2D eigenvalue weighted by Gasteiger charge is -2.25. The van der Waals surface area contributed by atoms with E-state index in [1.54, 1.807) is 18.2 Å². The molecule has 1 aromatic carbocycles. The largest absolute Gasteiger partial charge is 0.273 e. The molecule has 1 saturated carbocycles. The van der Waals surface area contributed by atoms with Crippen molar-refractivity contribution < 1.29 is 4.79 Å². The molecule has 0 aromatic heterocycles. The Bertz CT molecular complexity index is 518. The lowest BCUT2D eigenvalue weighted by atomic mass is 9.81. The molecule has 1 amide bonds. The van der Waals surface area contributed by atoms with Crippen LogP contribution in [0.4, 0.5) is 0 Å². The maximum Gasteiger partial charge on any atom is 0.243 e. The highest BCUT2D eigenvalue weighted by atomic mass is 35.5. The molecule has 5 heteroatoms. The van der Waals surface area contributed by atoms with E-state index in [0.29, 0.717) is 15.6 Å². The maximum absolute atomic E-state index is 11.6. The van der Waals surface area contributed by atoms with E-state index in [9.17, 15) is 4.79 Å². The second-order valence-corrected chi connectivity index (χ2v) is 5.10. The molecule has 1 N–H and O–H groups in total. The van der Waals surface area contributed by atoms with Gasteiger partial charge in [-0.25, -0.2) is 5.43 Å². The number of hydrogen-bond acceptors (Lipinski definition) is 2. The van der Waals surface area contributed by atoms with Gasteiger partial charge < -0.3 is 0 Å². The van der Waals surface area contributed by atoms with Crippen LogP contribution in [0.5, 0.6) is 0 Å². The van der Waals surface area contributed by atoms with Crippen molar-refractivity contribution >= 4 is 35.3 Å². The summed E-state index contributed by atoms with van der Waals surface area (Å²) >= 11 is 11.7. The summed E-state index contributed by atoms with van der Waals surface area (Å²) in [7, 11) is 0. The quantitative estimate of drug-likeness (QED) is 0.515. The van der Waals surface area contributed by atoms with Crippen LogP contribution in [0.1, 0.15) is 18.4 Å². The van der Waals surface area contributed by atoms with Crippen molar-refractivity contribution in [3.05, 3.63) is 46.0 Å². The number of hydrazone groups is 1. The molecule has 1 aliphatic carbocycles. The van der Waals surface area contributed by atoms with Crippen LogP contribution < -0.4 is 5.43 Å². The number of halogens is 2. The van der Waals surface area contributed by atoms with Crippen molar-refractivity contribution in [3.63, 3.8) is 0 Å². The topological polar surface area (TPSA) is 41.5 Å². The lowest BCUT2D eigenvalue weighted by molar-refractivity contribution is -0.126. The van der Waals surface area contributed by atoms with Gasteiger partial charge in [-0.05, 0) is 25.0 Å². The van der Waals surface area contributed by atoms with Crippen molar-refractivity contribution in [3.8, 4) is 0 Å². The smallest absolute Gasteiger partial charge is 0.243 e. The summed E-state index contributed by atoms with van der Waals surface area (Å²) in [5.41, 5.74) is 4.31. The van der Waals surface area contributed by atoms with Crippen molar-refractivity contribution in [1.82, 2.24) is 5.43 Å². The van der Waals surface area contributed by atoms with E-state index in [1.807, 2.05) is 0 Å². The Labute approximate surface area is 115 Å². The minimum absolute atomic E-state index is 0.00957. The van der Waals surface area contributed by atoms with Gasteiger partial charge in [0, 0.05) is 16.5 Å². The van der Waals surface area contributed by atoms with Crippen LogP contribution >= 0.6 is 23.2 Å². The molecule has 0 bridgehead atoms. The molecule has 18 heavy (non-hydrogen) atoms. The highest BCUT2D eigenvalue weighted by molar-refractivity contribution is 6.36. The first-order valence-corrected chi connectivity index (χ1v) is 6.26. The van der Waals surface area contributed by atoms with Crippen molar-refractivity contribution in [2.24, 2.45) is 11.0 Å². The van der Waals surface area contributed by atoms with Gasteiger partial charge in [-0.2, -0.15) is 5.10 Å². The normalized spacial score (nSPS) is 15.8. The molecule has 0 aliphatic heterocycles. The van der Waals surface area contributed by atoms with Crippen LogP contribution in [0, 0.1) is 5.92 Å². The molecule has 0 atom stereocenters. The second-order valence-electron chi connectivity index (χ2n) is 4.26. The SMILES string of the molecule is C=C1CC(C(=O)N/N=C\c2ccc(Cl)cc2Cl)C1. The first kappa shape index (κ1) is 13.1. The van der Waals surface area contributed by atoms with Crippen LogP contribution in [0.2, 0.25) is 10.0 Å². The zero-order chi connectivity index (χ0) is 13.1. The number of hydrogen-bond donors (Lipinski definition) is 1. The van der Waals surface area contributed by atoms with Gasteiger partial charge >= 0.3 is 0 Å². The summed E-state index contributed by atoms with van der Waals surface area (Å²) in [6.45, 7) is 3.79. The van der Waals surface area contributed by atoms with E-state index in [-0.39, 0.29) is 11.8 Å². The zero-order valence-electron chi connectivity index (χ0n) is 9.62. The van der Waals surface area contributed by atoms with Gasteiger partial charge in [0.1, 0.15) is 0 Å². The summed E-state index contributed by atoms with van der Waals surface area (Å²) < 4.78 is 0. The fourth-order valence-corrected chi connectivity index (χ4v) is 2.14. The number of carbonyl (C=O) groups is 1. The number of allylic oxidation sites excluding steroid dienone is 1. The van der Waals surface area contributed by atoms with E-state index >= 15 is 0 Å². The van der Waals surface area contributed by atoms with Gasteiger partial charge in [0.15, 0.2) is 0 Å². The van der Waals surface area contributed by atoms with Crippen molar-refractivity contribution in [2.75, 3.05) is 0 Å². The van der Waals surface area contributed by atoms with Crippen LogP contribution in [0.25, 0.3) is 0 Å². The molecule has 1 fully saturated rings. The van der Waals surface area contributed by atoms with Crippen LogP contribution in [0.3, 0.4) is 0 Å². The fraction of sp³-hybridized carbons (Fsp3) is 0.231. The molecule has 1 aliphatic rings. The maximum atomic E-state index is 11.6. The molecule has 0 saturated heterocycles. The molecule has 0 spiro atoms.